The van der Waals surface area contributed by atoms with Crippen LogP contribution in [0.1, 0.15) is 25.7 Å². The molecule has 2 aliphatic heterocycles. The Labute approximate surface area is 133 Å². The summed E-state index contributed by atoms with van der Waals surface area (Å²) in [6, 6.07) is -0.623. The van der Waals surface area contributed by atoms with E-state index in [1.54, 1.807) is 28.4 Å². The molecule has 0 aromatic carbocycles. The number of hydrogen-bond donors (Lipinski definition) is 2. The molecule has 21 heavy (non-hydrogen) atoms. The van der Waals surface area contributed by atoms with Gasteiger partial charge in [0.15, 0.2) is 0 Å². The predicted octanol–water partition coefficient (Wildman–Crippen LogP) is 1.24. The lowest BCUT2D eigenvalue weighted by molar-refractivity contribution is -0.148. The van der Waals surface area contributed by atoms with E-state index in [1.165, 1.54) is 0 Å². The topological polar surface area (TPSA) is 69.6 Å². The van der Waals surface area contributed by atoms with E-state index in [0.717, 1.165) is 38.8 Å². The van der Waals surface area contributed by atoms with Gasteiger partial charge in [0.25, 0.3) is 0 Å². The van der Waals surface area contributed by atoms with E-state index in [2.05, 4.69) is 5.32 Å². The summed E-state index contributed by atoms with van der Waals surface area (Å²) < 4.78 is 0. The second-order valence-electron chi connectivity index (χ2n) is 5.98. The van der Waals surface area contributed by atoms with Crippen LogP contribution in [0.3, 0.4) is 0 Å². The second kappa shape index (κ2) is 6.79. The summed E-state index contributed by atoms with van der Waals surface area (Å²) in [5, 5.41) is 13.3. The highest BCUT2D eigenvalue weighted by Crippen LogP contribution is 2.45. The van der Waals surface area contributed by atoms with E-state index in [4.69, 9.17) is 0 Å². The van der Waals surface area contributed by atoms with Crippen molar-refractivity contribution in [1.82, 2.24) is 10.2 Å². The number of carboxylic acids is 1. The molecule has 2 N–H and O–H groups in total. The average molecular weight is 330 g/mol. The van der Waals surface area contributed by atoms with Crippen LogP contribution in [-0.2, 0) is 9.59 Å². The van der Waals surface area contributed by atoms with Crippen molar-refractivity contribution >= 4 is 35.4 Å². The van der Waals surface area contributed by atoms with Crippen molar-refractivity contribution in [2.45, 2.75) is 42.3 Å². The predicted molar refractivity (Wildman–Crippen MR) is 85.6 cm³/mol. The second-order valence-corrected chi connectivity index (χ2v) is 8.42. The van der Waals surface area contributed by atoms with Gasteiger partial charge in [-0.05, 0) is 44.7 Å². The van der Waals surface area contributed by atoms with Gasteiger partial charge in [-0.15, -0.1) is 23.5 Å². The Morgan fingerprint density at radius 3 is 2.57 bits per heavy atom. The molecule has 0 aromatic heterocycles. The Morgan fingerprint density at radius 2 is 1.95 bits per heavy atom. The molecule has 0 spiro atoms. The number of piperidine rings is 1. The first-order valence-corrected chi connectivity index (χ1v) is 9.74. The maximum absolute atomic E-state index is 12.6. The van der Waals surface area contributed by atoms with Crippen LogP contribution in [0.2, 0.25) is 0 Å². The molecule has 3 rings (SSSR count). The van der Waals surface area contributed by atoms with Gasteiger partial charge in [0.1, 0.15) is 6.04 Å². The summed E-state index contributed by atoms with van der Waals surface area (Å²) in [4.78, 5) is 25.6. The van der Waals surface area contributed by atoms with Crippen LogP contribution in [0.25, 0.3) is 0 Å². The maximum atomic E-state index is 12.6. The number of carbonyl (C=O) groups excluding carboxylic acids is 1. The number of carboxylic acid groups (broad SMARTS) is 1. The van der Waals surface area contributed by atoms with Crippen molar-refractivity contribution < 1.29 is 14.7 Å². The standard InChI is InChI=1S/C14H22N2O3S2/c17-12(8-20-10-3-5-15-6-4-10)16-11(14(18)19)7-21-13(16)9-1-2-9/h9-11,13,15H,1-8H2,(H,18,19). The van der Waals surface area contributed by atoms with Gasteiger partial charge in [-0.1, -0.05) is 0 Å². The van der Waals surface area contributed by atoms with Crippen molar-refractivity contribution in [2.24, 2.45) is 5.92 Å². The van der Waals surface area contributed by atoms with Crippen LogP contribution in [0, 0.1) is 5.92 Å². The summed E-state index contributed by atoms with van der Waals surface area (Å²) in [6.07, 6.45) is 4.46. The lowest BCUT2D eigenvalue weighted by Crippen LogP contribution is -2.47. The molecule has 2 unspecified atom stereocenters. The first kappa shape index (κ1) is 15.5. The van der Waals surface area contributed by atoms with E-state index in [1.807, 2.05) is 0 Å². The van der Waals surface area contributed by atoms with Crippen LogP contribution >= 0.6 is 23.5 Å². The molecule has 2 atom stereocenters. The minimum atomic E-state index is -0.856. The number of aliphatic carboxylic acids is 1. The van der Waals surface area contributed by atoms with E-state index in [-0.39, 0.29) is 11.3 Å². The average Bonchev–Trinajstić information content (AvgIpc) is 3.24. The van der Waals surface area contributed by atoms with Crippen LogP contribution in [0.15, 0.2) is 0 Å². The van der Waals surface area contributed by atoms with E-state index in [9.17, 15) is 14.7 Å². The number of hydrogen-bond acceptors (Lipinski definition) is 5. The number of nitrogens with zero attached hydrogens (tertiary/aromatic N) is 1. The SMILES string of the molecule is O=C(O)C1CSC(C2CC2)N1C(=O)CSC1CCNCC1. The quantitative estimate of drug-likeness (QED) is 0.790. The Hall–Kier alpha value is -0.400. The van der Waals surface area contributed by atoms with Crippen molar-refractivity contribution in [1.29, 1.82) is 0 Å². The summed E-state index contributed by atoms with van der Waals surface area (Å²) in [6.45, 7) is 2.04. The fourth-order valence-corrected chi connectivity index (χ4v) is 5.75. The molecule has 1 amide bonds. The molecule has 1 saturated carbocycles. The highest BCUT2D eigenvalue weighted by Gasteiger charge is 2.47. The third kappa shape index (κ3) is 3.68. The van der Waals surface area contributed by atoms with Gasteiger partial charge in [-0.25, -0.2) is 4.79 Å². The molecule has 2 saturated heterocycles. The monoisotopic (exact) mass is 330 g/mol. The molecule has 1 aliphatic carbocycles. The molecule has 0 bridgehead atoms. The lowest BCUT2D eigenvalue weighted by Gasteiger charge is -2.28. The van der Waals surface area contributed by atoms with Gasteiger partial charge in [0, 0.05) is 11.0 Å². The van der Waals surface area contributed by atoms with Gasteiger partial charge >= 0.3 is 5.97 Å². The molecule has 3 fully saturated rings. The summed E-state index contributed by atoms with van der Waals surface area (Å²) in [5.41, 5.74) is 0. The first-order chi connectivity index (χ1) is 10.2. The number of nitrogens with one attached hydrogen (secondary N) is 1. The zero-order valence-corrected chi connectivity index (χ0v) is 13.6. The number of carbonyl (C=O) groups is 2. The van der Waals surface area contributed by atoms with Gasteiger partial charge < -0.3 is 15.3 Å². The molecule has 3 aliphatic rings. The van der Waals surface area contributed by atoms with Crippen molar-refractivity contribution in [3.63, 3.8) is 0 Å². The van der Waals surface area contributed by atoms with Gasteiger partial charge in [0.05, 0.1) is 11.1 Å². The fraction of sp³-hybridized carbons (Fsp3) is 0.857. The number of rotatable bonds is 5. The molecule has 2 heterocycles. The Kier molecular flexibility index (Phi) is 5.01. The number of amides is 1. The molecule has 118 valence electrons. The third-order valence-electron chi connectivity index (χ3n) is 4.36. The van der Waals surface area contributed by atoms with Crippen LogP contribution in [0.5, 0.6) is 0 Å². The minimum Gasteiger partial charge on any atom is -0.480 e. The third-order valence-corrected chi connectivity index (χ3v) is 7.18. The summed E-state index contributed by atoms with van der Waals surface area (Å²) in [7, 11) is 0. The van der Waals surface area contributed by atoms with Crippen LogP contribution in [0.4, 0.5) is 0 Å². The maximum Gasteiger partial charge on any atom is 0.327 e. The highest BCUT2D eigenvalue weighted by molar-refractivity contribution is 8.00. The van der Waals surface area contributed by atoms with Crippen LogP contribution < -0.4 is 5.32 Å². The zero-order chi connectivity index (χ0) is 14.8. The minimum absolute atomic E-state index is 0.0211. The molecule has 5 nitrogen and oxygen atoms in total. The van der Waals surface area contributed by atoms with E-state index in [0.29, 0.717) is 22.7 Å². The van der Waals surface area contributed by atoms with Gasteiger partial charge in [-0.3, -0.25) is 4.79 Å². The van der Waals surface area contributed by atoms with E-state index < -0.39 is 12.0 Å². The van der Waals surface area contributed by atoms with Crippen molar-refractivity contribution in [3.05, 3.63) is 0 Å². The van der Waals surface area contributed by atoms with Gasteiger partial charge in [-0.2, -0.15) is 0 Å². The normalized spacial score (nSPS) is 30.6. The summed E-state index contributed by atoms with van der Waals surface area (Å²) >= 11 is 3.36. The Morgan fingerprint density at radius 1 is 1.24 bits per heavy atom. The molecule has 0 aromatic rings. The van der Waals surface area contributed by atoms with Crippen LogP contribution in [-0.4, -0.2) is 63.1 Å². The van der Waals surface area contributed by atoms with E-state index >= 15 is 0 Å². The molecule has 0 radical (unpaired) electrons. The van der Waals surface area contributed by atoms with Gasteiger partial charge in [0.2, 0.25) is 5.91 Å². The Balaban J connectivity index is 1.58. The lowest BCUT2D eigenvalue weighted by atomic mass is 10.2. The Bertz CT molecular complexity index is 411. The molecular formula is C14H22N2O3S2. The first-order valence-electron chi connectivity index (χ1n) is 7.64. The largest absolute Gasteiger partial charge is 0.480 e. The molecule has 7 heteroatoms. The summed E-state index contributed by atoms with van der Waals surface area (Å²) in [5.74, 6) is 0.657. The number of thioether (sulfide) groups is 2. The highest BCUT2D eigenvalue weighted by atomic mass is 32.2. The fourth-order valence-electron chi connectivity index (χ4n) is 3.00. The smallest absolute Gasteiger partial charge is 0.327 e. The van der Waals surface area contributed by atoms with Crippen molar-refractivity contribution in [3.8, 4) is 0 Å². The van der Waals surface area contributed by atoms with Crippen molar-refractivity contribution in [2.75, 3.05) is 24.6 Å². The zero-order valence-electron chi connectivity index (χ0n) is 12.0. The molecular weight excluding hydrogens is 308 g/mol.